The number of piperidine rings is 1. The summed E-state index contributed by atoms with van der Waals surface area (Å²) in [4.78, 5) is 4.99. The number of likely N-dealkylation sites (tertiary alicyclic amines) is 1. The molecule has 1 saturated carbocycles. The van der Waals surface area contributed by atoms with Crippen molar-refractivity contribution in [3.63, 3.8) is 0 Å². The van der Waals surface area contributed by atoms with E-state index in [1.165, 1.54) is 45.3 Å². The molecule has 1 aliphatic heterocycles. The second-order valence-electron chi connectivity index (χ2n) is 6.15. The van der Waals surface area contributed by atoms with E-state index in [1.54, 1.807) is 0 Å². The quantitative estimate of drug-likeness (QED) is 0.756. The summed E-state index contributed by atoms with van der Waals surface area (Å²) < 4.78 is 0. The Bertz CT molecular complexity index is 220. The van der Waals surface area contributed by atoms with Gasteiger partial charge in [-0.05, 0) is 72.3 Å². The average molecular weight is 239 g/mol. The van der Waals surface area contributed by atoms with Crippen LogP contribution in [0.5, 0.6) is 0 Å². The molecule has 2 fully saturated rings. The van der Waals surface area contributed by atoms with Crippen LogP contribution in [0, 0.1) is 5.92 Å². The maximum absolute atomic E-state index is 3.67. The largest absolute Gasteiger partial charge is 0.315 e. The van der Waals surface area contributed by atoms with Gasteiger partial charge in [0.05, 0.1) is 0 Å². The van der Waals surface area contributed by atoms with Crippen LogP contribution >= 0.6 is 0 Å². The van der Waals surface area contributed by atoms with Gasteiger partial charge >= 0.3 is 0 Å². The van der Waals surface area contributed by atoms with Crippen LogP contribution in [0.2, 0.25) is 0 Å². The van der Waals surface area contributed by atoms with Crippen molar-refractivity contribution in [1.82, 2.24) is 15.1 Å². The highest BCUT2D eigenvalue weighted by molar-refractivity contribution is 4.86. The van der Waals surface area contributed by atoms with Gasteiger partial charge in [0.2, 0.25) is 0 Å². The molecule has 3 heteroatoms. The Labute approximate surface area is 107 Å². The van der Waals surface area contributed by atoms with Crippen LogP contribution in [0.15, 0.2) is 0 Å². The zero-order valence-corrected chi connectivity index (χ0v) is 11.8. The number of nitrogens with zero attached hydrogens (tertiary/aromatic N) is 2. The predicted octanol–water partition coefficient (Wildman–Crippen LogP) is 1.40. The highest BCUT2D eigenvalue weighted by Crippen LogP contribution is 2.26. The van der Waals surface area contributed by atoms with E-state index in [2.05, 4.69) is 36.1 Å². The normalized spacial score (nSPS) is 25.4. The Morgan fingerprint density at radius 3 is 2.47 bits per heavy atom. The van der Waals surface area contributed by atoms with E-state index in [0.29, 0.717) is 6.04 Å². The highest BCUT2D eigenvalue weighted by Gasteiger charge is 2.28. The first-order valence-electron chi connectivity index (χ1n) is 7.28. The SMILES string of the molecule is CC(CNCC1CCN(C)CC1)N(C)C1CC1. The van der Waals surface area contributed by atoms with Crippen molar-refractivity contribution in [2.24, 2.45) is 5.92 Å². The van der Waals surface area contributed by atoms with Gasteiger partial charge in [-0.25, -0.2) is 0 Å². The number of likely N-dealkylation sites (N-methyl/N-ethyl adjacent to an activating group) is 1. The van der Waals surface area contributed by atoms with E-state index in [0.717, 1.165) is 18.5 Å². The summed E-state index contributed by atoms with van der Waals surface area (Å²) in [5.74, 6) is 0.907. The lowest BCUT2D eigenvalue weighted by Crippen LogP contribution is -2.42. The zero-order valence-electron chi connectivity index (χ0n) is 11.8. The lowest BCUT2D eigenvalue weighted by atomic mass is 9.97. The minimum absolute atomic E-state index is 0.689. The summed E-state index contributed by atoms with van der Waals surface area (Å²) in [6.45, 7) is 7.28. The van der Waals surface area contributed by atoms with E-state index in [9.17, 15) is 0 Å². The van der Waals surface area contributed by atoms with E-state index >= 15 is 0 Å². The molecule has 1 saturated heterocycles. The maximum Gasteiger partial charge on any atom is 0.0192 e. The molecule has 2 rings (SSSR count). The molecule has 0 aromatic carbocycles. The summed E-state index contributed by atoms with van der Waals surface area (Å²) in [6, 6.07) is 1.57. The van der Waals surface area contributed by atoms with Gasteiger partial charge < -0.3 is 10.2 Å². The van der Waals surface area contributed by atoms with Crippen LogP contribution in [0.1, 0.15) is 32.6 Å². The van der Waals surface area contributed by atoms with Gasteiger partial charge in [-0.2, -0.15) is 0 Å². The van der Waals surface area contributed by atoms with Crippen molar-refractivity contribution in [3.05, 3.63) is 0 Å². The third-order valence-electron chi connectivity index (χ3n) is 4.53. The molecule has 0 bridgehead atoms. The Hall–Kier alpha value is -0.120. The van der Waals surface area contributed by atoms with Gasteiger partial charge in [0, 0.05) is 18.6 Å². The first-order valence-corrected chi connectivity index (χ1v) is 7.28. The molecule has 3 nitrogen and oxygen atoms in total. The maximum atomic E-state index is 3.67. The number of nitrogens with one attached hydrogen (secondary N) is 1. The number of hydrogen-bond donors (Lipinski definition) is 1. The van der Waals surface area contributed by atoms with E-state index in [4.69, 9.17) is 0 Å². The molecule has 100 valence electrons. The highest BCUT2D eigenvalue weighted by atomic mass is 15.2. The van der Waals surface area contributed by atoms with Crippen molar-refractivity contribution in [3.8, 4) is 0 Å². The minimum Gasteiger partial charge on any atom is -0.315 e. The average Bonchev–Trinajstić information content (AvgIpc) is 3.14. The van der Waals surface area contributed by atoms with Gasteiger partial charge in [0.25, 0.3) is 0 Å². The van der Waals surface area contributed by atoms with Gasteiger partial charge in [0.15, 0.2) is 0 Å². The lowest BCUT2D eigenvalue weighted by Gasteiger charge is -2.30. The zero-order chi connectivity index (χ0) is 12.3. The van der Waals surface area contributed by atoms with Crippen LogP contribution in [0.25, 0.3) is 0 Å². The van der Waals surface area contributed by atoms with E-state index in [1.807, 2.05) is 0 Å². The standard InChI is InChI=1S/C14H29N3/c1-12(17(3)14-4-5-14)10-15-11-13-6-8-16(2)9-7-13/h12-15H,4-11H2,1-3H3. The van der Waals surface area contributed by atoms with Crippen LogP contribution in [0.3, 0.4) is 0 Å². The van der Waals surface area contributed by atoms with Crippen molar-refractivity contribution < 1.29 is 0 Å². The Balaban J connectivity index is 1.55. The molecular weight excluding hydrogens is 210 g/mol. The molecule has 0 aromatic rings. The van der Waals surface area contributed by atoms with Gasteiger partial charge in [-0.1, -0.05) is 0 Å². The Morgan fingerprint density at radius 2 is 1.88 bits per heavy atom. The van der Waals surface area contributed by atoms with Crippen LogP contribution in [0.4, 0.5) is 0 Å². The third kappa shape index (κ3) is 4.23. The fraction of sp³-hybridized carbons (Fsp3) is 1.00. The minimum atomic E-state index is 0.689. The fourth-order valence-corrected chi connectivity index (χ4v) is 2.75. The third-order valence-corrected chi connectivity index (χ3v) is 4.53. The fourth-order valence-electron chi connectivity index (χ4n) is 2.75. The Kier molecular flexibility index (Phi) is 4.83. The molecule has 1 unspecified atom stereocenters. The van der Waals surface area contributed by atoms with E-state index in [-0.39, 0.29) is 0 Å². The molecule has 17 heavy (non-hydrogen) atoms. The van der Waals surface area contributed by atoms with Crippen LogP contribution < -0.4 is 5.32 Å². The summed E-state index contributed by atoms with van der Waals surface area (Å²) >= 11 is 0. The molecule has 0 amide bonds. The van der Waals surface area contributed by atoms with Crippen LogP contribution in [-0.2, 0) is 0 Å². The molecule has 0 radical (unpaired) electrons. The van der Waals surface area contributed by atoms with Gasteiger partial charge in [-0.15, -0.1) is 0 Å². The van der Waals surface area contributed by atoms with Crippen molar-refractivity contribution in [2.75, 3.05) is 40.3 Å². The Morgan fingerprint density at radius 1 is 1.24 bits per heavy atom. The van der Waals surface area contributed by atoms with Gasteiger partial charge in [0.1, 0.15) is 0 Å². The number of rotatable bonds is 6. The lowest BCUT2D eigenvalue weighted by molar-refractivity contribution is 0.205. The molecule has 0 spiro atoms. The van der Waals surface area contributed by atoms with E-state index < -0.39 is 0 Å². The first-order chi connectivity index (χ1) is 8.16. The second-order valence-corrected chi connectivity index (χ2v) is 6.15. The molecule has 0 aromatic heterocycles. The molecule has 1 heterocycles. The summed E-state index contributed by atoms with van der Waals surface area (Å²) in [6.07, 6.45) is 5.57. The predicted molar refractivity (Wildman–Crippen MR) is 73.3 cm³/mol. The smallest absolute Gasteiger partial charge is 0.0192 e. The molecule has 1 aliphatic carbocycles. The second kappa shape index (κ2) is 6.17. The monoisotopic (exact) mass is 239 g/mol. The molecule has 2 aliphatic rings. The van der Waals surface area contributed by atoms with Crippen molar-refractivity contribution >= 4 is 0 Å². The summed E-state index contributed by atoms with van der Waals surface area (Å²) in [5.41, 5.74) is 0. The van der Waals surface area contributed by atoms with Crippen molar-refractivity contribution in [1.29, 1.82) is 0 Å². The molecule has 1 N–H and O–H groups in total. The summed E-state index contributed by atoms with van der Waals surface area (Å²) in [5, 5.41) is 3.67. The van der Waals surface area contributed by atoms with Gasteiger partial charge in [-0.3, -0.25) is 4.90 Å². The molecule has 1 atom stereocenters. The number of hydrogen-bond acceptors (Lipinski definition) is 3. The van der Waals surface area contributed by atoms with Crippen LogP contribution in [-0.4, -0.2) is 62.2 Å². The molecular formula is C14H29N3. The topological polar surface area (TPSA) is 18.5 Å². The first kappa shape index (κ1) is 13.3. The van der Waals surface area contributed by atoms with Crippen molar-refractivity contribution in [2.45, 2.75) is 44.7 Å². The summed E-state index contributed by atoms with van der Waals surface area (Å²) in [7, 11) is 4.51.